The van der Waals surface area contributed by atoms with Crippen molar-refractivity contribution in [1.29, 1.82) is 0 Å². The van der Waals surface area contributed by atoms with Crippen molar-refractivity contribution in [2.45, 2.75) is 57.7 Å². The van der Waals surface area contributed by atoms with Crippen LogP contribution < -0.4 is 0 Å². The Hall–Kier alpha value is -1.59. The topological polar surface area (TPSA) is 86.3 Å². The summed E-state index contributed by atoms with van der Waals surface area (Å²) in [5, 5.41) is 19.8. The fourth-order valence-electron chi connectivity index (χ4n) is 5.17. The van der Waals surface area contributed by atoms with Gasteiger partial charge in [-0.3, -0.25) is 5.10 Å². The molecule has 8 heteroatoms. The summed E-state index contributed by atoms with van der Waals surface area (Å²) in [7, 11) is -3.19. The molecule has 0 amide bonds. The zero-order chi connectivity index (χ0) is 21.6. The van der Waals surface area contributed by atoms with Crippen LogP contribution in [0, 0.1) is 24.2 Å². The minimum Gasteiger partial charge on any atom is -0.388 e. The Morgan fingerprint density at radius 2 is 1.86 bits per heavy atom. The predicted molar refractivity (Wildman–Crippen MR) is 116 cm³/mol. The van der Waals surface area contributed by atoms with Crippen molar-refractivity contribution in [3.63, 3.8) is 0 Å². The number of rotatable bonds is 4. The largest absolute Gasteiger partial charge is 0.388 e. The number of aromatic nitrogens is 2. The molecule has 2 N–H and O–H groups in total. The molecule has 4 atom stereocenters. The lowest BCUT2D eigenvalue weighted by molar-refractivity contribution is -0.0221. The zero-order valence-corrected chi connectivity index (χ0v) is 18.5. The molecule has 3 heterocycles. The number of hydrogen-bond donors (Lipinski definition) is 2. The van der Waals surface area contributed by atoms with Gasteiger partial charge in [-0.1, -0.05) is 25.4 Å². The van der Waals surface area contributed by atoms with Gasteiger partial charge in [-0.05, 0) is 49.1 Å². The van der Waals surface area contributed by atoms with Gasteiger partial charge in [0.05, 0.1) is 24.1 Å². The van der Waals surface area contributed by atoms with E-state index in [-0.39, 0.29) is 18.0 Å². The lowest BCUT2D eigenvalue weighted by Crippen LogP contribution is -2.49. The summed E-state index contributed by atoms with van der Waals surface area (Å²) in [5.74, 6) is 0.222. The Bertz CT molecular complexity index is 1000. The lowest BCUT2D eigenvalue weighted by atomic mass is 9.67. The summed E-state index contributed by atoms with van der Waals surface area (Å²) in [6.45, 7) is 4.14. The second-order valence-electron chi connectivity index (χ2n) is 8.70. The van der Waals surface area contributed by atoms with Gasteiger partial charge in [-0.25, -0.2) is 8.42 Å². The molecule has 0 spiro atoms. The van der Waals surface area contributed by atoms with E-state index in [0.29, 0.717) is 5.02 Å². The molecule has 2 aliphatic heterocycles. The van der Waals surface area contributed by atoms with Crippen LogP contribution in [0.5, 0.6) is 0 Å². The number of fused-ring (bicyclic) bond motifs is 3. The number of hydrogen-bond acceptors (Lipinski definition) is 4. The molecule has 29 heavy (non-hydrogen) atoms. The zero-order valence-electron chi connectivity index (χ0n) is 17.0. The van der Waals surface area contributed by atoms with E-state index in [0.717, 1.165) is 42.1 Å². The molecule has 6 nitrogen and oxygen atoms in total. The normalized spacial score (nSPS) is 26.1. The monoisotopic (exact) mass is 437 g/mol. The quantitative estimate of drug-likeness (QED) is 0.713. The van der Waals surface area contributed by atoms with Crippen molar-refractivity contribution in [1.82, 2.24) is 14.5 Å². The van der Waals surface area contributed by atoms with Gasteiger partial charge in [0.25, 0.3) is 0 Å². The average molecular weight is 438 g/mol. The molecule has 4 rings (SSSR count). The van der Waals surface area contributed by atoms with Crippen LogP contribution >= 0.6 is 11.6 Å². The van der Waals surface area contributed by atoms with Gasteiger partial charge in [0.2, 0.25) is 10.0 Å². The van der Waals surface area contributed by atoms with Gasteiger partial charge in [0.15, 0.2) is 0 Å². The second-order valence-corrected chi connectivity index (χ2v) is 11.0. The first-order valence-corrected chi connectivity index (χ1v) is 11.9. The minimum atomic E-state index is -3.19. The Balaban J connectivity index is 0.00000117. The van der Waals surface area contributed by atoms with E-state index < -0.39 is 21.5 Å². The van der Waals surface area contributed by atoms with E-state index in [2.05, 4.69) is 36.9 Å². The molecule has 1 aromatic carbocycles. The lowest BCUT2D eigenvalue weighted by Gasteiger charge is -2.46. The van der Waals surface area contributed by atoms with Crippen molar-refractivity contribution >= 4 is 32.5 Å². The average Bonchev–Trinajstić information content (AvgIpc) is 3.23. The van der Waals surface area contributed by atoms with Crippen LogP contribution in [-0.2, 0) is 10.0 Å². The van der Waals surface area contributed by atoms with Crippen LogP contribution in [0.1, 0.15) is 51.2 Å². The molecule has 1 aromatic heterocycles. The summed E-state index contributed by atoms with van der Waals surface area (Å²) in [6, 6.07) is 3.71. The molecule has 2 aliphatic rings. The summed E-state index contributed by atoms with van der Waals surface area (Å²) >= 11 is 6.26. The van der Waals surface area contributed by atoms with Crippen LogP contribution in [0.4, 0.5) is 0 Å². The number of sulfonamides is 1. The van der Waals surface area contributed by atoms with Crippen molar-refractivity contribution in [2.24, 2.45) is 11.3 Å². The van der Waals surface area contributed by atoms with E-state index in [4.69, 9.17) is 11.6 Å². The van der Waals surface area contributed by atoms with Crippen LogP contribution in [0.2, 0.25) is 5.02 Å². The third-order valence-electron chi connectivity index (χ3n) is 6.64. The highest BCUT2D eigenvalue weighted by molar-refractivity contribution is 7.88. The maximum absolute atomic E-state index is 12.2. The summed E-state index contributed by atoms with van der Waals surface area (Å²) < 4.78 is 26.0. The number of terminal acetylenes is 1. The highest BCUT2D eigenvalue weighted by atomic mass is 35.5. The Morgan fingerprint density at radius 3 is 2.41 bits per heavy atom. The van der Waals surface area contributed by atoms with E-state index in [1.165, 1.54) is 6.26 Å². The van der Waals surface area contributed by atoms with Crippen LogP contribution in [0.3, 0.4) is 0 Å². The summed E-state index contributed by atoms with van der Waals surface area (Å²) in [4.78, 5) is 0. The first-order valence-electron chi connectivity index (χ1n) is 9.71. The van der Waals surface area contributed by atoms with Gasteiger partial charge in [-0.15, -0.1) is 12.8 Å². The number of nitrogens with one attached hydrogen (secondary N) is 1. The van der Waals surface area contributed by atoms with Crippen molar-refractivity contribution in [2.75, 3.05) is 6.26 Å². The Labute approximate surface area is 177 Å². The molecule has 0 radical (unpaired) electrons. The molecule has 0 aliphatic carbocycles. The molecule has 2 bridgehead atoms. The fraction of sp³-hybridized carbons (Fsp3) is 0.571. The number of H-pyrrole nitrogens is 1. The minimum absolute atomic E-state index is 0.0433. The number of halogens is 1. The van der Waals surface area contributed by atoms with E-state index in [1.54, 1.807) is 16.6 Å². The maximum atomic E-state index is 12.2. The highest BCUT2D eigenvalue weighted by Crippen LogP contribution is 2.51. The molecular formula is C21H28ClN3O3S. The van der Waals surface area contributed by atoms with Gasteiger partial charge in [0.1, 0.15) is 0 Å². The molecule has 2 unspecified atom stereocenters. The van der Waals surface area contributed by atoms with Gasteiger partial charge < -0.3 is 5.11 Å². The van der Waals surface area contributed by atoms with Gasteiger partial charge >= 0.3 is 0 Å². The molecule has 2 saturated heterocycles. The van der Waals surface area contributed by atoms with Crippen LogP contribution in [-0.4, -0.2) is 46.4 Å². The number of piperidine rings is 1. The SMILES string of the molecule is C#C.CC(C)(C1C[C@H]2CC[C@@H](C1)N2S(C)(=O)=O)C(O)c1cc(Cl)cc2cn[nH]c12. The number of aliphatic hydroxyl groups is 1. The standard InChI is InChI=1S/C19H26ClN3O3S.C2H2/c1-19(2,12-7-14-4-5-15(8-12)23(14)27(3,25)26)18(24)16-9-13(20)6-11-10-21-22-17(11)16;1-2/h6,9-10,12,14-15,18,24H,4-5,7-8H2,1-3H3,(H,21,22);1-2H/t12?,14-,15+,18?;. The first kappa shape index (κ1) is 22.1. The number of aliphatic hydroxyl groups excluding tert-OH is 1. The molecule has 2 aromatic rings. The van der Waals surface area contributed by atoms with Crippen molar-refractivity contribution < 1.29 is 13.5 Å². The molecule has 158 valence electrons. The summed E-state index contributed by atoms with van der Waals surface area (Å²) in [6.07, 6.45) is 13.6. The smallest absolute Gasteiger partial charge is 0.211 e. The Morgan fingerprint density at radius 1 is 1.28 bits per heavy atom. The van der Waals surface area contributed by atoms with Crippen LogP contribution in [0.15, 0.2) is 18.3 Å². The first-order chi connectivity index (χ1) is 13.6. The third-order valence-corrected chi connectivity index (χ3v) is 8.23. The van der Waals surface area contributed by atoms with E-state index in [9.17, 15) is 13.5 Å². The van der Waals surface area contributed by atoms with E-state index in [1.807, 2.05) is 6.07 Å². The van der Waals surface area contributed by atoms with Gasteiger partial charge in [0, 0.05) is 28.1 Å². The second kappa shape index (κ2) is 7.92. The van der Waals surface area contributed by atoms with E-state index >= 15 is 0 Å². The maximum Gasteiger partial charge on any atom is 0.211 e. The third kappa shape index (κ3) is 3.91. The number of aromatic amines is 1. The highest BCUT2D eigenvalue weighted by Gasteiger charge is 2.50. The predicted octanol–water partition coefficient (Wildman–Crippen LogP) is 3.73. The summed E-state index contributed by atoms with van der Waals surface area (Å²) in [5.41, 5.74) is 1.13. The fourth-order valence-corrected chi connectivity index (χ4v) is 6.87. The molecular weight excluding hydrogens is 410 g/mol. The van der Waals surface area contributed by atoms with Crippen molar-refractivity contribution in [3.05, 3.63) is 28.9 Å². The van der Waals surface area contributed by atoms with Crippen molar-refractivity contribution in [3.8, 4) is 12.8 Å². The molecule has 0 saturated carbocycles. The van der Waals surface area contributed by atoms with Crippen LogP contribution in [0.25, 0.3) is 10.9 Å². The number of nitrogens with zero attached hydrogens (tertiary/aromatic N) is 2. The van der Waals surface area contributed by atoms with Gasteiger partial charge in [-0.2, -0.15) is 9.40 Å². The number of benzene rings is 1. The Kier molecular flexibility index (Phi) is 6.03. The molecule has 2 fully saturated rings.